The van der Waals surface area contributed by atoms with Crippen LogP contribution in [0.5, 0.6) is 0 Å². The van der Waals surface area contributed by atoms with Crippen LogP contribution in [-0.2, 0) is 0 Å². The summed E-state index contributed by atoms with van der Waals surface area (Å²) >= 11 is 0. The Morgan fingerprint density at radius 2 is 1.68 bits per heavy atom. The van der Waals surface area contributed by atoms with Gasteiger partial charge in [-0.15, -0.1) is 0 Å². The number of rotatable bonds is 2. The monoisotopic (exact) mass is 263 g/mol. The van der Waals surface area contributed by atoms with Crippen molar-refractivity contribution in [3.63, 3.8) is 0 Å². The predicted octanol–water partition coefficient (Wildman–Crippen LogP) is 1.58. The first-order valence-corrected chi connectivity index (χ1v) is 6.38. The van der Waals surface area contributed by atoms with Gasteiger partial charge in [0.1, 0.15) is 5.69 Å². The Labute approximate surface area is 111 Å². The third-order valence-corrected chi connectivity index (χ3v) is 3.52. The molecule has 6 nitrogen and oxygen atoms in total. The van der Waals surface area contributed by atoms with Crippen LogP contribution >= 0.6 is 0 Å². The van der Waals surface area contributed by atoms with Gasteiger partial charge in [-0.25, -0.2) is 14.8 Å². The van der Waals surface area contributed by atoms with E-state index in [1.54, 1.807) is 0 Å². The molecule has 1 aromatic heterocycles. The van der Waals surface area contributed by atoms with Crippen LogP contribution in [0, 0.1) is 0 Å². The van der Waals surface area contributed by atoms with Gasteiger partial charge in [0.05, 0.1) is 12.4 Å². The molecule has 0 radical (unpaired) electrons. The highest BCUT2D eigenvalue weighted by molar-refractivity contribution is 5.93. The molecule has 1 aliphatic rings. The zero-order chi connectivity index (χ0) is 14.0. The number of carbonyl (C=O) groups excluding carboxylic acids is 1. The number of hydrogen-bond donors (Lipinski definition) is 1. The fourth-order valence-corrected chi connectivity index (χ4v) is 2.50. The number of aromatic carboxylic acids is 1. The van der Waals surface area contributed by atoms with Gasteiger partial charge in [-0.1, -0.05) is 0 Å². The zero-order valence-corrected chi connectivity index (χ0v) is 11.0. The number of carbonyl (C=O) groups is 2. The molecule has 0 aliphatic carbocycles. The summed E-state index contributed by atoms with van der Waals surface area (Å²) in [4.78, 5) is 32.5. The highest BCUT2D eigenvalue weighted by Crippen LogP contribution is 2.23. The van der Waals surface area contributed by atoms with Crippen LogP contribution in [0.2, 0.25) is 0 Å². The van der Waals surface area contributed by atoms with Crippen LogP contribution in [0.4, 0.5) is 0 Å². The van der Waals surface area contributed by atoms with E-state index in [1.807, 2.05) is 18.7 Å². The van der Waals surface area contributed by atoms with E-state index in [0.717, 1.165) is 25.5 Å². The Hall–Kier alpha value is -1.98. The topological polar surface area (TPSA) is 83.4 Å². The smallest absolute Gasteiger partial charge is 0.356 e. The Balaban J connectivity index is 2.20. The first-order valence-electron chi connectivity index (χ1n) is 6.38. The van der Waals surface area contributed by atoms with Gasteiger partial charge in [0.15, 0.2) is 5.69 Å². The summed E-state index contributed by atoms with van der Waals surface area (Å²) in [6, 6.07) is 0.356. The number of carboxylic acid groups (broad SMARTS) is 1. The van der Waals surface area contributed by atoms with Crippen molar-refractivity contribution in [2.75, 3.05) is 0 Å². The minimum atomic E-state index is -1.15. The Morgan fingerprint density at radius 3 is 2.16 bits per heavy atom. The third kappa shape index (κ3) is 2.72. The van der Waals surface area contributed by atoms with Crippen LogP contribution < -0.4 is 0 Å². The van der Waals surface area contributed by atoms with Gasteiger partial charge in [0, 0.05) is 12.1 Å². The molecule has 1 fully saturated rings. The van der Waals surface area contributed by atoms with E-state index in [4.69, 9.17) is 5.11 Å². The average molecular weight is 263 g/mol. The Bertz CT molecular complexity index is 476. The zero-order valence-electron chi connectivity index (χ0n) is 11.0. The van der Waals surface area contributed by atoms with E-state index in [1.165, 1.54) is 6.20 Å². The lowest BCUT2D eigenvalue weighted by Crippen LogP contribution is -2.47. The molecule has 1 saturated heterocycles. The van der Waals surface area contributed by atoms with Crippen molar-refractivity contribution in [1.29, 1.82) is 0 Å². The molecule has 102 valence electrons. The van der Waals surface area contributed by atoms with Crippen molar-refractivity contribution in [3.8, 4) is 0 Å². The SMILES string of the molecule is CC1CCCC(C)N1C(=O)c1cnc(C(=O)O)cn1. The summed E-state index contributed by atoms with van der Waals surface area (Å²) < 4.78 is 0. The summed E-state index contributed by atoms with van der Waals surface area (Å²) in [6.45, 7) is 4.04. The number of piperidine rings is 1. The Morgan fingerprint density at radius 1 is 1.16 bits per heavy atom. The molecule has 1 aliphatic heterocycles. The molecular weight excluding hydrogens is 246 g/mol. The number of nitrogens with zero attached hydrogens (tertiary/aromatic N) is 3. The molecular formula is C13H17N3O3. The molecule has 1 N–H and O–H groups in total. The van der Waals surface area contributed by atoms with Gasteiger partial charge in [-0.3, -0.25) is 4.79 Å². The fraction of sp³-hybridized carbons (Fsp3) is 0.538. The van der Waals surface area contributed by atoms with Crippen molar-refractivity contribution < 1.29 is 14.7 Å². The second kappa shape index (κ2) is 5.34. The summed E-state index contributed by atoms with van der Waals surface area (Å²) in [5.74, 6) is -1.32. The van der Waals surface area contributed by atoms with Gasteiger partial charge >= 0.3 is 5.97 Å². The molecule has 0 saturated carbocycles. The van der Waals surface area contributed by atoms with Gasteiger partial charge in [0.25, 0.3) is 5.91 Å². The molecule has 19 heavy (non-hydrogen) atoms. The minimum absolute atomic E-state index is 0.156. The summed E-state index contributed by atoms with van der Waals surface area (Å²) in [5.41, 5.74) is 0.0434. The fourth-order valence-electron chi connectivity index (χ4n) is 2.50. The maximum atomic E-state index is 12.4. The second-order valence-electron chi connectivity index (χ2n) is 4.93. The van der Waals surface area contributed by atoms with Crippen LogP contribution in [0.15, 0.2) is 12.4 Å². The number of carboxylic acids is 1. The number of likely N-dealkylation sites (tertiary alicyclic amines) is 1. The number of hydrogen-bond acceptors (Lipinski definition) is 4. The van der Waals surface area contributed by atoms with Crippen LogP contribution in [0.25, 0.3) is 0 Å². The Kier molecular flexibility index (Phi) is 3.78. The van der Waals surface area contributed by atoms with Crippen LogP contribution in [0.3, 0.4) is 0 Å². The third-order valence-electron chi connectivity index (χ3n) is 3.52. The summed E-state index contributed by atoms with van der Waals surface area (Å²) in [6.07, 6.45) is 5.44. The molecule has 2 atom stereocenters. The van der Waals surface area contributed by atoms with Crippen molar-refractivity contribution in [3.05, 3.63) is 23.8 Å². The lowest BCUT2D eigenvalue weighted by atomic mass is 9.97. The largest absolute Gasteiger partial charge is 0.476 e. The number of amides is 1. The summed E-state index contributed by atoms with van der Waals surface area (Å²) in [7, 11) is 0. The van der Waals surface area contributed by atoms with Crippen LogP contribution in [-0.4, -0.2) is 43.9 Å². The maximum Gasteiger partial charge on any atom is 0.356 e. The van der Waals surface area contributed by atoms with Crippen molar-refractivity contribution in [1.82, 2.24) is 14.9 Å². The molecule has 2 heterocycles. The molecule has 2 rings (SSSR count). The average Bonchev–Trinajstić information content (AvgIpc) is 2.38. The highest BCUT2D eigenvalue weighted by atomic mass is 16.4. The van der Waals surface area contributed by atoms with E-state index < -0.39 is 5.97 Å². The normalized spacial score (nSPS) is 23.2. The lowest BCUT2D eigenvalue weighted by molar-refractivity contribution is 0.0502. The van der Waals surface area contributed by atoms with E-state index >= 15 is 0 Å². The van der Waals surface area contributed by atoms with E-state index in [2.05, 4.69) is 9.97 Å². The molecule has 0 spiro atoms. The minimum Gasteiger partial charge on any atom is -0.476 e. The molecule has 0 aromatic carbocycles. The molecule has 1 aromatic rings. The second-order valence-corrected chi connectivity index (χ2v) is 4.93. The highest BCUT2D eigenvalue weighted by Gasteiger charge is 2.30. The van der Waals surface area contributed by atoms with E-state index in [-0.39, 0.29) is 29.4 Å². The quantitative estimate of drug-likeness (QED) is 0.875. The molecule has 6 heteroatoms. The van der Waals surface area contributed by atoms with Gasteiger partial charge < -0.3 is 10.0 Å². The van der Waals surface area contributed by atoms with Crippen molar-refractivity contribution in [2.24, 2.45) is 0 Å². The van der Waals surface area contributed by atoms with Gasteiger partial charge in [-0.05, 0) is 33.1 Å². The van der Waals surface area contributed by atoms with Crippen molar-refractivity contribution >= 4 is 11.9 Å². The number of aromatic nitrogens is 2. The standard InChI is InChI=1S/C13H17N3O3/c1-8-4-3-5-9(2)16(8)12(17)10-6-15-11(7-14-10)13(18)19/h6-9H,3-5H2,1-2H3,(H,18,19). The lowest BCUT2D eigenvalue weighted by Gasteiger charge is -2.38. The molecule has 0 bridgehead atoms. The van der Waals surface area contributed by atoms with Gasteiger partial charge in [-0.2, -0.15) is 0 Å². The van der Waals surface area contributed by atoms with Gasteiger partial charge in [0.2, 0.25) is 0 Å². The first kappa shape index (κ1) is 13.5. The van der Waals surface area contributed by atoms with E-state index in [9.17, 15) is 9.59 Å². The first-order chi connectivity index (χ1) is 9.00. The summed E-state index contributed by atoms with van der Waals surface area (Å²) in [5, 5.41) is 8.75. The van der Waals surface area contributed by atoms with Crippen LogP contribution in [0.1, 0.15) is 54.1 Å². The van der Waals surface area contributed by atoms with E-state index in [0.29, 0.717) is 0 Å². The molecule has 2 unspecified atom stereocenters. The maximum absolute atomic E-state index is 12.4. The van der Waals surface area contributed by atoms with Crippen molar-refractivity contribution in [2.45, 2.75) is 45.2 Å². The predicted molar refractivity (Wildman–Crippen MR) is 67.9 cm³/mol. The molecule has 1 amide bonds.